The number of unbranched alkanes of at least 4 members (excludes halogenated alkanes) is 39. The molecule has 0 spiro atoms. The van der Waals surface area contributed by atoms with Crippen LogP contribution in [0.5, 0.6) is 0 Å². The molecule has 3 atom stereocenters. The first-order valence-electron chi connectivity index (χ1n) is 30.1. The predicted octanol–water partition coefficient (Wildman–Crippen LogP) is 23.3. The van der Waals surface area contributed by atoms with Crippen LogP contribution in [0.3, 0.4) is 0 Å². The molecular formula is C60H120S3. The predicted molar refractivity (Wildman–Crippen MR) is 301 cm³/mol. The van der Waals surface area contributed by atoms with E-state index < -0.39 is 0 Å². The molecule has 3 heteroatoms. The lowest BCUT2D eigenvalue weighted by Crippen LogP contribution is -2.14. The summed E-state index contributed by atoms with van der Waals surface area (Å²) in [6.07, 6.45) is 75.3. The van der Waals surface area contributed by atoms with Crippen LogP contribution in [-0.4, -0.2) is 33.0 Å². The molecule has 0 N–H and O–H groups in total. The van der Waals surface area contributed by atoms with Gasteiger partial charge in [0.25, 0.3) is 0 Å². The molecule has 0 nitrogen and oxygen atoms in total. The van der Waals surface area contributed by atoms with Crippen molar-refractivity contribution in [1.29, 1.82) is 0 Å². The summed E-state index contributed by atoms with van der Waals surface area (Å²) in [5, 5.41) is 2.79. The van der Waals surface area contributed by atoms with Crippen molar-refractivity contribution in [3.63, 3.8) is 0 Å². The van der Waals surface area contributed by atoms with Crippen LogP contribution < -0.4 is 0 Å². The summed E-state index contributed by atoms with van der Waals surface area (Å²) < 4.78 is 0. The molecular weight excluding hydrogens is 817 g/mol. The smallest absolute Gasteiger partial charge is 0.00474 e. The monoisotopic (exact) mass is 937 g/mol. The van der Waals surface area contributed by atoms with Crippen LogP contribution in [0, 0.1) is 0 Å². The Morgan fingerprint density at radius 2 is 0.381 bits per heavy atom. The number of thioether (sulfide) groups is 3. The standard InChI is InChI=1S/C60H120S3/c1-4-7-10-13-16-19-22-25-28-31-34-37-40-45-55-61-58-49-43-44-50-59(62-56-46-41-38-35-32-29-26-23-20-17-14-11-8-5-2)53-54-60(52-48-51-58)63-57-47-42-39-36-33-30-27-24-21-18-15-12-9-6-3/h58-60H,4-57H2,1-3H3. The Morgan fingerprint density at radius 1 is 0.206 bits per heavy atom. The van der Waals surface area contributed by atoms with E-state index in [4.69, 9.17) is 0 Å². The third kappa shape index (κ3) is 47.9. The molecule has 63 heavy (non-hydrogen) atoms. The van der Waals surface area contributed by atoms with E-state index in [2.05, 4.69) is 56.1 Å². The first-order chi connectivity index (χ1) is 31.3. The minimum Gasteiger partial charge on any atom is -0.159 e. The highest BCUT2D eigenvalue weighted by molar-refractivity contribution is 8.00. The van der Waals surface area contributed by atoms with Crippen LogP contribution in [0.4, 0.5) is 0 Å². The molecule has 0 aliphatic heterocycles. The number of hydrogen-bond donors (Lipinski definition) is 0. The molecule has 0 amide bonds. The lowest BCUT2D eigenvalue weighted by atomic mass is 10.0. The van der Waals surface area contributed by atoms with Crippen molar-refractivity contribution >= 4 is 35.3 Å². The molecule has 0 radical (unpaired) electrons. The maximum absolute atomic E-state index is 2.41. The Labute approximate surface area is 414 Å². The molecule has 0 aromatic carbocycles. The van der Waals surface area contributed by atoms with Gasteiger partial charge in [-0.15, -0.1) is 0 Å². The second kappa shape index (κ2) is 54.0. The van der Waals surface area contributed by atoms with Gasteiger partial charge in [0.05, 0.1) is 0 Å². The van der Waals surface area contributed by atoms with E-state index in [9.17, 15) is 0 Å². The molecule has 1 aliphatic carbocycles. The fourth-order valence-corrected chi connectivity index (χ4v) is 14.3. The molecule has 0 aromatic rings. The van der Waals surface area contributed by atoms with E-state index in [1.54, 1.807) is 0 Å². The minimum atomic E-state index is 0.923. The van der Waals surface area contributed by atoms with Gasteiger partial charge >= 0.3 is 0 Å². The Bertz CT molecular complexity index is 815. The van der Waals surface area contributed by atoms with E-state index in [0.29, 0.717) is 0 Å². The lowest BCUT2D eigenvalue weighted by molar-refractivity contribution is 0.520. The van der Waals surface area contributed by atoms with Gasteiger partial charge in [0, 0.05) is 15.7 Å². The fourth-order valence-electron chi connectivity index (χ4n) is 10.3. The Hall–Kier alpha value is 1.05. The average molecular weight is 938 g/mol. The topological polar surface area (TPSA) is 0 Å². The zero-order valence-electron chi connectivity index (χ0n) is 44.1. The third-order valence-corrected chi connectivity index (χ3v) is 19.1. The number of rotatable bonds is 48. The average Bonchev–Trinajstić information content (AvgIpc) is 3.29. The summed E-state index contributed by atoms with van der Waals surface area (Å²) in [5.41, 5.74) is 0. The highest BCUT2D eigenvalue weighted by atomic mass is 32.2. The van der Waals surface area contributed by atoms with Gasteiger partial charge in [0.15, 0.2) is 0 Å². The first-order valence-corrected chi connectivity index (χ1v) is 33.3. The molecule has 0 heterocycles. The summed E-state index contributed by atoms with van der Waals surface area (Å²) in [7, 11) is 0. The quantitative estimate of drug-likeness (QED) is 0.0558. The van der Waals surface area contributed by atoms with Crippen LogP contribution in [-0.2, 0) is 0 Å². The first kappa shape index (κ1) is 62.1. The van der Waals surface area contributed by atoms with Gasteiger partial charge < -0.3 is 0 Å². The molecule has 1 rings (SSSR count). The van der Waals surface area contributed by atoms with Crippen LogP contribution in [0.25, 0.3) is 0 Å². The molecule has 1 aliphatic rings. The highest BCUT2D eigenvalue weighted by Crippen LogP contribution is 2.33. The summed E-state index contributed by atoms with van der Waals surface area (Å²) >= 11 is 7.20. The summed E-state index contributed by atoms with van der Waals surface area (Å²) in [4.78, 5) is 0. The Morgan fingerprint density at radius 3 is 0.603 bits per heavy atom. The van der Waals surface area contributed by atoms with Crippen LogP contribution in [0.2, 0.25) is 0 Å². The molecule has 1 fully saturated rings. The summed E-state index contributed by atoms with van der Waals surface area (Å²) in [6.45, 7) is 6.98. The zero-order valence-corrected chi connectivity index (χ0v) is 46.6. The van der Waals surface area contributed by atoms with E-state index in [1.807, 2.05) is 0 Å². The molecule has 378 valence electrons. The van der Waals surface area contributed by atoms with Crippen molar-refractivity contribution in [1.82, 2.24) is 0 Å². The van der Waals surface area contributed by atoms with Gasteiger partial charge in [-0.3, -0.25) is 0 Å². The molecule has 3 unspecified atom stereocenters. The summed E-state index contributed by atoms with van der Waals surface area (Å²) in [6, 6.07) is 0. The Kier molecular flexibility index (Phi) is 53.2. The second-order valence-corrected chi connectivity index (χ2v) is 25.3. The summed E-state index contributed by atoms with van der Waals surface area (Å²) in [5.74, 6) is 4.28. The van der Waals surface area contributed by atoms with Crippen molar-refractivity contribution in [3.05, 3.63) is 0 Å². The van der Waals surface area contributed by atoms with Crippen LogP contribution >= 0.6 is 35.3 Å². The minimum absolute atomic E-state index is 0.923. The molecule has 0 bridgehead atoms. The van der Waals surface area contributed by atoms with Gasteiger partial charge in [-0.25, -0.2) is 0 Å². The second-order valence-electron chi connectivity index (χ2n) is 21.1. The molecule has 0 aromatic heterocycles. The normalized spacial score (nSPS) is 17.9. The van der Waals surface area contributed by atoms with Gasteiger partial charge in [-0.05, 0) is 75.0 Å². The van der Waals surface area contributed by atoms with Crippen molar-refractivity contribution < 1.29 is 0 Å². The zero-order chi connectivity index (χ0) is 45.0. The van der Waals surface area contributed by atoms with Gasteiger partial charge in [-0.2, -0.15) is 35.3 Å². The SMILES string of the molecule is CCCCCCCCCCCCCCCCSC1CCCCC(SCCCCCCCCCCCCCCCC)CCC(SCCCCCCCCCCCCCCCC)CCC1. The van der Waals surface area contributed by atoms with Crippen molar-refractivity contribution in [3.8, 4) is 0 Å². The largest absolute Gasteiger partial charge is 0.159 e. The van der Waals surface area contributed by atoms with E-state index in [-0.39, 0.29) is 0 Å². The maximum Gasteiger partial charge on any atom is 0.00474 e. The van der Waals surface area contributed by atoms with Crippen LogP contribution in [0.1, 0.15) is 348 Å². The molecule has 1 saturated carbocycles. The van der Waals surface area contributed by atoms with E-state index in [0.717, 1.165) is 15.7 Å². The lowest BCUT2D eigenvalue weighted by Gasteiger charge is -2.24. The van der Waals surface area contributed by atoms with E-state index in [1.165, 1.54) is 345 Å². The fraction of sp³-hybridized carbons (Fsp3) is 1.00. The third-order valence-electron chi connectivity index (χ3n) is 14.7. The van der Waals surface area contributed by atoms with Gasteiger partial charge in [0.1, 0.15) is 0 Å². The maximum atomic E-state index is 2.41. The Balaban J connectivity index is 2.34. The highest BCUT2D eigenvalue weighted by Gasteiger charge is 2.18. The van der Waals surface area contributed by atoms with Crippen molar-refractivity contribution in [2.75, 3.05) is 17.3 Å². The molecule has 0 saturated heterocycles. The van der Waals surface area contributed by atoms with Crippen molar-refractivity contribution in [2.24, 2.45) is 0 Å². The number of hydrogen-bond acceptors (Lipinski definition) is 3. The van der Waals surface area contributed by atoms with Gasteiger partial charge in [-0.1, -0.05) is 290 Å². The van der Waals surface area contributed by atoms with Crippen molar-refractivity contribution in [2.45, 2.75) is 364 Å². The van der Waals surface area contributed by atoms with Gasteiger partial charge in [0.2, 0.25) is 0 Å². The van der Waals surface area contributed by atoms with Crippen LogP contribution in [0.15, 0.2) is 0 Å². The van der Waals surface area contributed by atoms with E-state index >= 15 is 0 Å².